The van der Waals surface area contributed by atoms with Crippen LogP contribution in [0.2, 0.25) is 0 Å². The molecule has 0 aliphatic carbocycles. The highest BCUT2D eigenvalue weighted by Gasteiger charge is 2.37. The topological polar surface area (TPSA) is 231 Å². The van der Waals surface area contributed by atoms with E-state index in [1.54, 1.807) is 106 Å². The summed E-state index contributed by atoms with van der Waals surface area (Å²) in [4.78, 5) is 10.4. The predicted octanol–water partition coefficient (Wildman–Crippen LogP) is 9.95. The quantitative estimate of drug-likeness (QED) is 0.0210. The maximum atomic E-state index is 10.4. The zero-order chi connectivity index (χ0) is 73.3. The lowest BCUT2D eigenvalue weighted by Crippen LogP contribution is -2.57. The molecule has 0 aliphatic rings. The van der Waals surface area contributed by atoms with Crippen LogP contribution in [-0.2, 0) is 104 Å². The van der Waals surface area contributed by atoms with Crippen LogP contribution in [-0.4, -0.2) is 313 Å². The highest BCUT2D eigenvalue weighted by molar-refractivity contribution is 6.18. The van der Waals surface area contributed by atoms with Crippen LogP contribution < -0.4 is 0 Å². The number of aliphatic carboxylic acids is 1. The van der Waals surface area contributed by atoms with E-state index in [1.165, 1.54) is 21.1 Å². The Balaban J connectivity index is -0.000000183. The molecule has 0 saturated heterocycles. The fourth-order valence-electron chi connectivity index (χ4n) is 7.66. The molecule has 1 aromatic carbocycles. The fourth-order valence-corrected chi connectivity index (χ4v) is 8.06. The minimum absolute atomic E-state index is 0.0432. The monoisotopic (exact) mass is 1390 g/mol. The van der Waals surface area contributed by atoms with E-state index >= 15 is 0 Å². The van der Waals surface area contributed by atoms with Gasteiger partial charge in [-0.25, -0.2) is 4.79 Å². The van der Waals surface area contributed by atoms with Crippen molar-refractivity contribution in [2.24, 2.45) is 0 Å². The summed E-state index contributed by atoms with van der Waals surface area (Å²) < 4.78 is 109. The Bertz CT molecular complexity index is 1680. The second kappa shape index (κ2) is 68.6. The number of alkyl halides is 2. The Morgan fingerprint density at radius 2 is 0.957 bits per heavy atom. The van der Waals surface area contributed by atoms with Crippen LogP contribution in [0.15, 0.2) is 43.0 Å². The molecule has 0 amide bonds. The highest BCUT2D eigenvalue weighted by Crippen LogP contribution is 2.21. The summed E-state index contributed by atoms with van der Waals surface area (Å²) >= 11 is 11.0. The van der Waals surface area contributed by atoms with Gasteiger partial charge >= 0.3 is 5.97 Å². The third-order valence-corrected chi connectivity index (χ3v) is 14.9. The van der Waals surface area contributed by atoms with Crippen molar-refractivity contribution in [3.63, 3.8) is 0 Å². The number of quaternary nitrogens is 1. The van der Waals surface area contributed by atoms with Gasteiger partial charge in [0.2, 0.25) is 0 Å². The molecule has 0 heterocycles. The van der Waals surface area contributed by atoms with Gasteiger partial charge in [-0.3, -0.25) is 0 Å². The van der Waals surface area contributed by atoms with E-state index in [4.69, 9.17) is 123 Å². The zero-order valence-corrected chi connectivity index (χ0v) is 64.8. The number of hydrogen-bond donors (Lipinski definition) is 1. The molecule has 26 heteroatoms. The minimum Gasteiger partial charge on any atom is -0.479 e. The van der Waals surface area contributed by atoms with Gasteiger partial charge in [-0.05, 0) is 88.6 Å². The van der Waals surface area contributed by atoms with Crippen LogP contribution in [0.3, 0.4) is 0 Å². The summed E-state index contributed by atoms with van der Waals surface area (Å²) in [6.07, 6.45) is 0.924. The molecule has 0 bridgehead atoms. The van der Waals surface area contributed by atoms with Gasteiger partial charge in [0.05, 0.1) is 104 Å². The zero-order valence-electron chi connectivity index (χ0n) is 63.3. The van der Waals surface area contributed by atoms with Crippen LogP contribution >= 0.6 is 23.2 Å². The summed E-state index contributed by atoms with van der Waals surface area (Å²) in [6.45, 7) is 39.1. The van der Waals surface area contributed by atoms with E-state index in [-0.39, 0.29) is 54.3 Å². The van der Waals surface area contributed by atoms with Crippen molar-refractivity contribution in [1.82, 2.24) is 0 Å². The Labute approximate surface area is 575 Å². The molecule has 1 aromatic rings. The summed E-state index contributed by atoms with van der Waals surface area (Å²) in [5.41, 5.74) is -1.46. The van der Waals surface area contributed by atoms with Gasteiger partial charge in [0.15, 0.2) is 18.2 Å². The fraction of sp³-hybridized carbons (Fsp3) is 0.866. The Kier molecular flexibility index (Phi) is 77.2. The SMILES string of the molecule is C=CCOCC(C)(COC)OC.CCOC(OCC)C(C)(COC)OC.CCOC(OCC)C(COC)OC.CC[N+](CC)(CC)CC(C)(COC)OC.COCC(C)(CCl)OC.COCC(C)(OC)C(=O)O.COCC(CCl)OC.COCC(OC)c1ccccc1. The number of carboxylic acids is 1. The molecule has 1 N–H and O–H groups in total. The molecule has 562 valence electrons. The third-order valence-electron chi connectivity index (χ3n) is 14.0. The maximum Gasteiger partial charge on any atom is 0.338 e. The number of nitrogens with zero attached hydrogens (tertiary/aromatic N) is 1. The van der Waals surface area contributed by atoms with Crippen molar-refractivity contribution in [2.45, 2.75) is 142 Å². The lowest BCUT2D eigenvalue weighted by Gasteiger charge is -2.42. The number of halogens is 2. The first kappa shape index (κ1) is 105. The minimum atomic E-state index is -1.21. The van der Waals surface area contributed by atoms with Gasteiger partial charge in [-0.15, -0.1) is 29.8 Å². The van der Waals surface area contributed by atoms with Gasteiger partial charge < -0.3 is 109 Å². The number of carboxylic acid groups (broad SMARTS) is 1. The molecule has 24 nitrogen and oxygen atoms in total. The van der Waals surface area contributed by atoms with Crippen molar-refractivity contribution in [2.75, 3.05) is 244 Å². The molecule has 0 saturated carbocycles. The van der Waals surface area contributed by atoms with Crippen LogP contribution in [0.25, 0.3) is 0 Å². The van der Waals surface area contributed by atoms with Crippen LogP contribution in [0.4, 0.5) is 0 Å². The molecular weight excluding hydrogens is 1260 g/mol. The lowest BCUT2D eigenvalue weighted by atomic mass is 10.1. The van der Waals surface area contributed by atoms with E-state index in [0.717, 1.165) is 36.2 Å². The summed E-state index contributed by atoms with van der Waals surface area (Å²) in [5, 5.41) is 8.56. The second-order valence-electron chi connectivity index (χ2n) is 21.6. The number of likely N-dealkylation sites (N-methyl/N-ethyl adjacent to an activating group) is 1. The molecule has 0 radical (unpaired) electrons. The lowest BCUT2D eigenvalue weighted by molar-refractivity contribution is -0.928. The van der Waals surface area contributed by atoms with Crippen molar-refractivity contribution >= 4 is 29.2 Å². The summed E-state index contributed by atoms with van der Waals surface area (Å²) in [7, 11) is 25.9. The predicted molar refractivity (Wildman–Crippen MR) is 371 cm³/mol. The van der Waals surface area contributed by atoms with Crippen LogP contribution in [0, 0.1) is 0 Å². The van der Waals surface area contributed by atoms with Gasteiger partial charge in [-0.1, -0.05) is 36.4 Å². The average molecular weight is 1400 g/mol. The van der Waals surface area contributed by atoms with E-state index in [1.807, 2.05) is 78.8 Å². The van der Waals surface area contributed by atoms with Gasteiger partial charge in [0.25, 0.3) is 0 Å². The van der Waals surface area contributed by atoms with E-state index in [2.05, 4.69) is 39.0 Å². The Hall–Kier alpha value is -1.87. The number of ether oxygens (including phenoxy) is 21. The van der Waals surface area contributed by atoms with Gasteiger partial charge in [-0.2, -0.15) is 0 Å². The molecule has 0 aliphatic heterocycles. The Morgan fingerprint density at radius 3 is 1.24 bits per heavy atom. The van der Waals surface area contributed by atoms with Gasteiger partial charge in [0, 0.05) is 140 Å². The second-order valence-corrected chi connectivity index (χ2v) is 22.2. The van der Waals surface area contributed by atoms with Crippen LogP contribution in [0.5, 0.6) is 0 Å². The first-order valence-electron chi connectivity index (χ1n) is 31.3. The smallest absolute Gasteiger partial charge is 0.338 e. The van der Waals surface area contributed by atoms with E-state index in [0.29, 0.717) is 97.6 Å². The largest absolute Gasteiger partial charge is 0.479 e. The average Bonchev–Trinajstić information content (AvgIpc) is 1.11. The molecular formula is C67H138Cl2NO23+. The third kappa shape index (κ3) is 53.7. The first-order chi connectivity index (χ1) is 44.1. The number of methoxy groups -OCH3 is 16. The van der Waals surface area contributed by atoms with Crippen molar-refractivity contribution < 1.29 is 114 Å². The molecule has 1 rings (SSSR count). The first-order valence-corrected chi connectivity index (χ1v) is 32.3. The summed E-state index contributed by atoms with van der Waals surface area (Å²) in [6, 6.07) is 10.1. The van der Waals surface area contributed by atoms with Crippen molar-refractivity contribution in [3.8, 4) is 0 Å². The standard InChI is InChI=1S/C12H28NO2.C10H22O4.C10H14O2.C9H20O4.C9H18O3.C6H13ClO2.C6H12O4.C5H11ClO2/c1-7-13(8-2,9-3)10-12(4,15-6)11-14-5;1-6-13-9(14-7-2)10(3,12-5)8-11-4;1-11-8-10(12-2)9-6-4-3-5-7-9;1-5-12-9(13-6-2)8(11-4)7-10-3;1-5-6-12-8-9(2,11-4)7-10-3;1-6(4-7,9-3)5-8-2;1-6(10-3,4-9-2)5(7)8;1-7-4-5(3-6)8-2/h7-11H2,1-6H3;9H,6-8H2,1-5H3;3-7,10H,8H2,1-2H3;8-9H,5-7H2,1-4H3;5H,1,6-8H2,2-4H3;4-5H2,1-3H3;4H2,1-3H3,(H,7,8);5H,3-4H2,1-2H3/q+1;;;;;;;. The molecule has 0 fully saturated rings. The molecule has 0 spiro atoms. The molecule has 8 unspecified atom stereocenters. The number of hydrogen-bond acceptors (Lipinski definition) is 22. The van der Waals surface area contributed by atoms with Gasteiger partial charge in [0.1, 0.15) is 41.2 Å². The molecule has 93 heavy (non-hydrogen) atoms. The van der Waals surface area contributed by atoms with Crippen molar-refractivity contribution in [1.29, 1.82) is 0 Å². The van der Waals surface area contributed by atoms with Crippen LogP contribution in [0.1, 0.15) is 94.8 Å². The highest BCUT2D eigenvalue weighted by atomic mass is 35.5. The summed E-state index contributed by atoms with van der Waals surface area (Å²) in [5.74, 6) is -0.0707. The van der Waals surface area contributed by atoms with Crippen molar-refractivity contribution in [3.05, 3.63) is 48.6 Å². The number of benzene rings is 1. The molecule has 0 aromatic heterocycles. The molecule has 8 atom stereocenters. The number of rotatable bonds is 47. The van der Waals surface area contributed by atoms with E-state index in [9.17, 15) is 4.79 Å². The normalized spacial score (nSPS) is 15.2. The Morgan fingerprint density at radius 1 is 0.516 bits per heavy atom. The number of carbonyl (C=O) groups is 1. The van der Waals surface area contributed by atoms with E-state index < -0.39 is 17.2 Å². The maximum absolute atomic E-state index is 10.4.